The predicted octanol–water partition coefficient (Wildman–Crippen LogP) is 2.52. The lowest BCUT2D eigenvalue weighted by Crippen LogP contribution is -2.54. The Morgan fingerprint density at radius 1 is 1.17 bits per heavy atom. The molecule has 1 aliphatic heterocycles. The predicted molar refractivity (Wildman–Crippen MR) is 106 cm³/mol. The highest BCUT2D eigenvalue weighted by Crippen LogP contribution is 2.25. The van der Waals surface area contributed by atoms with Crippen molar-refractivity contribution in [2.75, 3.05) is 30.4 Å². The molecule has 3 aromatic rings. The minimum atomic E-state index is -0.611. The van der Waals surface area contributed by atoms with E-state index in [9.17, 15) is 13.6 Å². The third kappa shape index (κ3) is 4.27. The average Bonchev–Trinajstić information content (AvgIpc) is 2.72. The van der Waals surface area contributed by atoms with Crippen LogP contribution in [0.25, 0.3) is 0 Å². The number of hydrogen-bond donors (Lipinski definition) is 2. The van der Waals surface area contributed by atoms with E-state index in [-0.39, 0.29) is 17.8 Å². The van der Waals surface area contributed by atoms with Crippen molar-refractivity contribution in [3.63, 3.8) is 0 Å². The molecule has 8 nitrogen and oxygen atoms in total. The molecule has 4 rings (SSSR count). The normalized spacial score (nSPS) is 13.5. The van der Waals surface area contributed by atoms with Crippen LogP contribution >= 0.6 is 0 Å². The Morgan fingerprint density at radius 3 is 2.80 bits per heavy atom. The summed E-state index contributed by atoms with van der Waals surface area (Å²) in [6.45, 7) is 0.844. The van der Waals surface area contributed by atoms with Crippen LogP contribution in [0.15, 0.2) is 48.8 Å². The number of halogens is 2. The first kappa shape index (κ1) is 19.5. The zero-order valence-corrected chi connectivity index (χ0v) is 16.0. The van der Waals surface area contributed by atoms with Gasteiger partial charge in [0.25, 0.3) is 5.91 Å². The Morgan fingerprint density at radius 2 is 2.00 bits per heavy atom. The summed E-state index contributed by atoms with van der Waals surface area (Å²) in [4.78, 5) is 26.2. The number of nitrogens with one attached hydrogen (secondary N) is 2. The summed E-state index contributed by atoms with van der Waals surface area (Å²) >= 11 is 0. The summed E-state index contributed by atoms with van der Waals surface area (Å²) in [6, 6.07) is 10.0. The molecule has 30 heavy (non-hydrogen) atoms. The average molecular weight is 412 g/mol. The molecule has 2 heterocycles. The Labute approximate surface area is 170 Å². The van der Waals surface area contributed by atoms with E-state index in [1.165, 1.54) is 6.33 Å². The van der Waals surface area contributed by atoms with Gasteiger partial charge in [-0.15, -0.1) is 0 Å². The van der Waals surface area contributed by atoms with Crippen molar-refractivity contribution in [1.29, 1.82) is 0 Å². The molecule has 1 fully saturated rings. The number of carbonyl (C=O) groups excluding carboxylic acids is 1. The van der Waals surface area contributed by atoms with Gasteiger partial charge in [0.15, 0.2) is 11.6 Å². The molecule has 1 amide bonds. The van der Waals surface area contributed by atoms with E-state index in [4.69, 9.17) is 4.74 Å². The number of aromatic nitrogens is 3. The highest BCUT2D eigenvalue weighted by atomic mass is 19.1. The first-order valence-corrected chi connectivity index (χ1v) is 9.16. The minimum Gasteiger partial charge on any atom is -0.484 e. The SMILES string of the molecule is CNC(=O)c1cccc(Nc2ncnc(N3CC(Oc4cc(F)ccc4F)C3)n2)c1. The Bertz CT molecular complexity index is 1070. The van der Waals surface area contributed by atoms with Gasteiger partial charge in [0, 0.05) is 24.4 Å². The summed E-state index contributed by atoms with van der Waals surface area (Å²) < 4.78 is 32.5. The minimum absolute atomic E-state index is 0.117. The molecule has 0 radical (unpaired) electrons. The first-order chi connectivity index (χ1) is 14.5. The van der Waals surface area contributed by atoms with Gasteiger partial charge in [-0.25, -0.2) is 18.7 Å². The van der Waals surface area contributed by atoms with Crippen molar-refractivity contribution in [1.82, 2.24) is 20.3 Å². The Kier molecular flexibility index (Phi) is 5.38. The van der Waals surface area contributed by atoms with Gasteiger partial charge in [-0.05, 0) is 30.3 Å². The molecule has 154 valence electrons. The van der Waals surface area contributed by atoms with Gasteiger partial charge in [-0.2, -0.15) is 4.98 Å². The second kappa shape index (κ2) is 8.27. The monoisotopic (exact) mass is 412 g/mol. The second-order valence-corrected chi connectivity index (χ2v) is 6.61. The molecular formula is C20H18F2N6O2. The van der Waals surface area contributed by atoms with Gasteiger partial charge in [-0.3, -0.25) is 4.79 Å². The van der Waals surface area contributed by atoms with Crippen LogP contribution in [0, 0.1) is 11.6 Å². The molecule has 2 N–H and O–H groups in total. The van der Waals surface area contributed by atoms with Gasteiger partial charge in [-0.1, -0.05) is 6.07 Å². The van der Waals surface area contributed by atoms with Gasteiger partial charge in [0.05, 0.1) is 13.1 Å². The highest BCUT2D eigenvalue weighted by molar-refractivity contribution is 5.95. The highest BCUT2D eigenvalue weighted by Gasteiger charge is 2.31. The summed E-state index contributed by atoms with van der Waals surface area (Å²) in [5.41, 5.74) is 1.16. The van der Waals surface area contributed by atoms with Crippen molar-refractivity contribution in [2.24, 2.45) is 0 Å². The van der Waals surface area contributed by atoms with Crippen molar-refractivity contribution < 1.29 is 18.3 Å². The summed E-state index contributed by atoms with van der Waals surface area (Å²) in [5, 5.41) is 5.61. The molecule has 1 aliphatic rings. The fraction of sp³-hybridized carbons (Fsp3) is 0.200. The van der Waals surface area contributed by atoms with Crippen molar-refractivity contribution in [3.8, 4) is 5.75 Å². The fourth-order valence-corrected chi connectivity index (χ4v) is 2.93. The number of hydrogen-bond acceptors (Lipinski definition) is 7. The van der Waals surface area contributed by atoms with Crippen LogP contribution in [-0.4, -0.2) is 47.1 Å². The van der Waals surface area contributed by atoms with Gasteiger partial charge in [0.2, 0.25) is 11.9 Å². The molecule has 0 atom stereocenters. The zero-order chi connectivity index (χ0) is 21.1. The number of ether oxygens (including phenoxy) is 1. The van der Waals surface area contributed by atoms with Crippen LogP contribution in [0.3, 0.4) is 0 Å². The summed E-state index contributed by atoms with van der Waals surface area (Å²) in [5.74, 6) is -0.745. The third-order valence-corrected chi connectivity index (χ3v) is 4.48. The largest absolute Gasteiger partial charge is 0.484 e. The first-order valence-electron chi connectivity index (χ1n) is 9.16. The number of carbonyl (C=O) groups is 1. The van der Waals surface area contributed by atoms with E-state index in [2.05, 4.69) is 25.6 Å². The van der Waals surface area contributed by atoms with E-state index in [0.717, 1.165) is 18.2 Å². The number of nitrogens with zero attached hydrogens (tertiary/aromatic N) is 4. The topological polar surface area (TPSA) is 92.3 Å². The quantitative estimate of drug-likeness (QED) is 0.643. The molecule has 0 saturated carbocycles. The van der Waals surface area contributed by atoms with E-state index in [0.29, 0.717) is 36.2 Å². The molecule has 0 bridgehead atoms. The van der Waals surface area contributed by atoms with E-state index in [1.807, 2.05) is 4.90 Å². The van der Waals surface area contributed by atoms with Crippen molar-refractivity contribution in [2.45, 2.75) is 6.10 Å². The maximum absolute atomic E-state index is 13.7. The van der Waals surface area contributed by atoms with E-state index >= 15 is 0 Å². The number of anilines is 3. The molecule has 1 aromatic heterocycles. The lowest BCUT2D eigenvalue weighted by Gasteiger charge is -2.38. The number of benzene rings is 2. The van der Waals surface area contributed by atoms with E-state index in [1.54, 1.807) is 31.3 Å². The lowest BCUT2D eigenvalue weighted by molar-refractivity contribution is 0.0963. The third-order valence-electron chi connectivity index (χ3n) is 4.48. The summed E-state index contributed by atoms with van der Waals surface area (Å²) in [6.07, 6.45) is 1.06. The molecule has 0 unspecified atom stereocenters. The molecule has 0 aliphatic carbocycles. The van der Waals surface area contributed by atoms with Gasteiger partial charge < -0.3 is 20.3 Å². The number of rotatable bonds is 6. The molecular weight excluding hydrogens is 394 g/mol. The van der Waals surface area contributed by atoms with Crippen molar-refractivity contribution in [3.05, 3.63) is 66.0 Å². The Balaban J connectivity index is 1.39. The smallest absolute Gasteiger partial charge is 0.251 e. The maximum atomic E-state index is 13.7. The van der Waals surface area contributed by atoms with Crippen LogP contribution in [0.4, 0.5) is 26.4 Å². The van der Waals surface area contributed by atoms with Crippen LogP contribution in [-0.2, 0) is 0 Å². The molecule has 1 saturated heterocycles. The maximum Gasteiger partial charge on any atom is 0.251 e. The van der Waals surface area contributed by atoms with E-state index < -0.39 is 11.6 Å². The summed E-state index contributed by atoms with van der Waals surface area (Å²) in [7, 11) is 1.56. The number of amides is 1. The molecule has 0 spiro atoms. The second-order valence-electron chi connectivity index (χ2n) is 6.61. The van der Waals surface area contributed by atoms with Gasteiger partial charge in [0.1, 0.15) is 18.2 Å². The van der Waals surface area contributed by atoms with Crippen molar-refractivity contribution >= 4 is 23.5 Å². The van der Waals surface area contributed by atoms with Crippen LogP contribution in [0.1, 0.15) is 10.4 Å². The zero-order valence-electron chi connectivity index (χ0n) is 16.0. The lowest BCUT2D eigenvalue weighted by atomic mass is 10.2. The van der Waals surface area contributed by atoms with Crippen LogP contribution in [0.5, 0.6) is 5.75 Å². The molecule has 2 aromatic carbocycles. The van der Waals surface area contributed by atoms with Crippen LogP contribution in [0.2, 0.25) is 0 Å². The van der Waals surface area contributed by atoms with Gasteiger partial charge >= 0.3 is 0 Å². The Hall–Kier alpha value is -3.82. The molecule has 10 heteroatoms. The standard InChI is InChI=1S/C20H18F2N6O2/c1-23-18(29)12-3-2-4-14(7-12)26-19-24-11-25-20(27-19)28-9-15(10-28)30-17-8-13(21)5-6-16(17)22/h2-8,11,15H,9-10H2,1H3,(H,23,29)(H,24,25,26,27). The fourth-order valence-electron chi connectivity index (χ4n) is 2.93. The van der Waals surface area contributed by atoms with Crippen LogP contribution < -0.4 is 20.3 Å².